The van der Waals surface area contributed by atoms with Crippen LogP contribution in [0.5, 0.6) is 5.75 Å². The Kier molecular flexibility index (Phi) is 5.80. The van der Waals surface area contributed by atoms with Crippen molar-refractivity contribution in [2.75, 3.05) is 20.3 Å². The summed E-state index contributed by atoms with van der Waals surface area (Å²) in [6.45, 7) is 4.16. The second-order valence-corrected chi connectivity index (χ2v) is 6.36. The first-order chi connectivity index (χ1) is 11.3. The molecule has 0 aromatic heterocycles. The summed E-state index contributed by atoms with van der Waals surface area (Å²) in [7, 11) is 1.59. The molecule has 132 valence electrons. The van der Waals surface area contributed by atoms with Gasteiger partial charge in [-0.25, -0.2) is 0 Å². The highest BCUT2D eigenvalue weighted by Gasteiger charge is 2.43. The minimum atomic E-state index is -0.960. The number of benzene rings is 1. The van der Waals surface area contributed by atoms with E-state index in [2.05, 4.69) is 5.32 Å². The molecular formula is C17H23NO6. The van der Waals surface area contributed by atoms with Crippen LogP contribution < -0.4 is 10.1 Å². The normalized spacial score (nSPS) is 22.6. The van der Waals surface area contributed by atoms with Gasteiger partial charge in [0.15, 0.2) is 6.29 Å². The van der Waals surface area contributed by atoms with Crippen molar-refractivity contribution >= 4 is 11.9 Å². The highest BCUT2D eigenvalue weighted by Crippen LogP contribution is 2.36. The number of ether oxygens (including phenoxy) is 3. The lowest BCUT2D eigenvalue weighted by atomic mass is 9.85. The molecule has 7 heteroatoms. The first-order valence-corrected chi connectivity index (χ1v) is 7.74. The smallest absolute Gasteiger partial charge is 0.305 e. The zero-order valence-electron chi connectivity index (χ0n) is 14.1. The summed E-state index contributed by atoms with van der Waals surface area (Å²) in [5, 5.41) is 11.3. The Morgan fingerprint density at radius 2 is 2.00 bits per heavy atom. The number of methoxy groups -OCH3 is 1. The highest BCUT2D eigenvalue weighted by molar-refractivity contribution is 5.82. The number of amides is 1. The molecule has 1 amide bonds. The third kappa shape index (κ3) is 4.46. The van der Waals surface area contributed by atoms with E-state index >= 15 is 0 Å². The molecular weight excluding hydrogens is 314 g/mol. The molecule has 1 fully saturated rings. The monoisotopic (exact) mass is 337 g/mol. The maximum atomic E-state index is 12.4. The number of carboxylic acid groups (broad SMARTS) is 1. The molecule has 7 nitrogen and oxygen atoms in total. The average Bonchev–Trinajstić information content (AvgIpc) is 2.54. The first kappa shape index (κ1) is 18.2. The van der Waals surface area contributed by atoms with Crippen molar-refractivity contribution in [1.29, 1.82) is 0 Å². The van der Waals surface area contributed by atoms with Crippen LogP contribution >= 0.6 is 0 Å². The van der Waals surface area contributed by atoms with Gasteiger partial charge in [-0.05, 0) is 12.1 Å². The number of aliphatic carboxylic acids is 1. The van der Waals surface area contributed by atoms with Gasteiger partial charge in [-0.2, -0.15) is 0 Å². The van der Waals surface area contributed by atoms with Crippen molar-refractivity contribution in [2.24, 2.45) is 5.41 Å². The van der Waals surface area contributed by atoms with Gasteiger partial charge in [0.25, 0.3) is 0 Å². The molecule has 1 aromatic rings. The summed E-state index contributed by atoms with van der Waals surface area (Å²) in [6, 6.07) is 7.23. The molecule has 0 saturated carbocycles. The van der Waals surface area contributed by atoms with Crippen LogP contribution in [0.1, 0.15) is 32.1 Å². The number of carbonyl (C=O) groups is 2. The third-order valence-electron chi connectivity index (χ3n) is 3.84. The topological polar surface area (TPSA) is 94.1 Å². The fourth-order valence-corrected chi connectivity index (χ4v) is 2.45. The van der Waals surface area contributed by atoms with Gasteiger partial charge in [0.05, 0.1) is 20.1 Å². The van der Waals surface area contributed by atoms with Crippen LogP contribution in [0, 0.1) is 5.41 Å². The lowest BCUT2D eigenvalue weighted by Crippen LogP contribution is -2.51. The van der Waals surface area contributed by atoms with E-state index in [1.807, 2.05) is 26.0 Å². The van der Waals surface area contributed by atoms with Crippen LogP contribution in [0.3, 0.4) is 0 Å². The van der Waals surface area contributed by atoms with Crippen LogP contribution in [0.15, 0.2) is 24.3 Å². The van der Waals surface area contributed by atoms with Crippen molar-refractivity contribution in [1.82, 2.24) is 5.32 Å². The van der Waals surface area contributed by atoms with Crippen molar-refractivity contribution < 1.29 is 28.9 Å². The molecule has 2 N–H and O–H groups in total. The molecule has 0 radical (unpaired) electrons. The summed E-state index contributed by atoms with van der Waals surface area (Å²) in [4.78, 5) is 22.9. The Morgan fingerprint density at radius 3 is 2.58 bits per heavy atom. The molecule has 1 heterocycles. The zero-order chi connectivity index (χ0) is 17.7. The van der Waals surface area contributed by atoms with Gasteiger partial charge < -0.3 is 24.6 Å². The minimum Gasteiger partial charge on any atom is -0.497 e. The van der Waals surface area contributed by atoms with E-state index in [4.69, 9.17) is 19.3 Å². The van der Waals surface area contributed by atoms with Gasteiger partial charge in [0.2, 0.25) is 5.91 Å². The van der Waals surface area contributed by atoms with E-state index in [1.54, 1.807) is 19.2 Å². The van der Waals surface area contributed by atoms with Crippen LogP contribution in [0.25, 0.3) is 0 Å². The molecule has 1 saturated heterocycles. The van der Waals surface area contributed by atoms with Crippen LogP contribution in [-0.4, -0.2) is 43.3 Å². The predicted molar refractivity (Wildman–Crippen MR) is 85.6 cm³/mol. The molecule has 1 unspecified atom stereocenters. The molecule has 2 rings (SSSR count). The Bertz CT molecular complexity index is 583. The van der Waals surface area contributed by atoms with Crippen molar-refractivity contribution in [2.45, 2.75) is 32.7 Å². The minimum absolute atomic E-state index is 0.0676. The van der Waals surface area contributed by atoms with E-state index in [-0.39, 0.29) is 18.9 Å². The van der Waals surface area contributed by atoms with Gasteiger partial charge in [-0.15, -0.1) is 0 Å². The van der Waals surface area contributed by atoms with Crippen molar-refractivity contribution in [3.8, 4) is 5.75 Å². The first-order valence-electron chi connectivity index (χ1n) is 7.74. The van der Waals surface area contributed by atoms with Gasteiger partial charge in [-0.3, -0.25) is 9.59 Å². The highest BCUT2D eigenvalue weighted by atomic mass is 16.7. The van der Waals surface area contributed by atoms with Gasteiger partial charge in [-0.1, -0.05) is 26.0 Å². The molecule has 0 aliphatic carbocycles. The molecule has 24 heavy (non-hydrogen) atoms. The van der Waals surface area contributed by atoms with Crippen molar-refractivity contribution in [3.63, 3.8) is 0 Å². The number of hydrogen-bond acceptors (Lipinski definition) is 5. The number of hydrogen-bond donors (Lipinski definition) is 2. The lowest BCUT2D eigenvalue weighted by molar-refractivity contribution is -0.258. The Morgan fingerprint density at radius 1 is 1.33 bits per heavy atom. The molecule has 1 aliphatic heterocycles. The van der Waals surface area contributed by atoms with Crippen LogP contribution in [0.4, 0.5) is 0 Å². The number of nitrogens with one attached hydrogen (secondary N) is 1. The Balaban J connectivity index is 2.05. The zero-order valence-corrected chi connectivity index (χ0v) is 14.1. The standard InChI is InChI=1S/C17H23NO6/c1-17(2)10-23-16(11-4-6-12(22-3)7-5-11)24-14(17)15(21)18-9-8-13(19)20/h4-7,14,16H,8-10H2,1-3H3,(H,18,21)(H,19,20)/t14-,16?/m1/s1. The Hall–Kier alpha value is -2.12. The average molecular weight is 337 g/mol. The van der Waals surface area contributed by atoms with Crippen molar-refractivity contribution in [3.05, 3.63) is 29.8 Å². The Labute approximate surface area is 140 Å². The second kappa shape index (κ2) is 7.63. The summed E-state index contributed by atoms with van der Waals surface area (Å²) in [5.74, 6) is -0.570. The summed E-state index contributed by atoms with van der Waals surface area (Å²) in [5.41, 5.74) is 0.269. The van der Waals surface area contributed by atoms with Crippen LogP contribution in [-0.2, 0) is 19.1 Å². The second-order valence-electron chi connectivity index (χ2n) is 6.36. The fourth-order valence-electron chi connectivity index (χ4n) is 2.45. The maximum Gasteiger partial charge on any atom is 0.305 e. The SMILES string of the molecule is COc1ccc(C2OCC(C)(C)[C@@H](C(=O)NCCC(=O)O)O2)cc1. The van der Waals surface area contributed by atoms with E-state index < -0.39 is 23.8 Å². The summed E-state index contributed by atoms with van der Waals surface area (Å²) >= 11 is 0. The summed E-state index contributed by atoms with van der Waals surface area (Å²) in [6.07, 6.45) is -1.51. The predicted octanol–water partition coefficient (Wildman–Crippen LogP) is 1.73. The summed E-state index contributed by atoms with van der Waals surface area (Å²) < 4.78 is 16.7. The maximum absolute atomic E-state index is 12.4. The number of carboxylic acids is 1. The number of rotatable bonds is 6. The lowest BCUT2D eigenvalue weighted by Gasteiger charge is -2.41. The molecule has 0 spiro atoms. The molecule has 1 aromatic carbocycles. The fraction of sp³-hybridized carbons (Fsp3) is 0.529. The number of carbonyl (C=O) groups excluding carboxylic acids is 1. The van der Waals surface area contributed by atoms with E-state index in [9.17, 15) is 9.59 Å². The van der Waals surface area contributed by atoms with Gasteiger partial charge in [0, 0.05) is 17.5 Å². The largest absolute Gasteiger partial charge is 0.497 e. The van der Waals surface area contributed by atoms with Crippen LogP contribution in [0.2, 0.25) is 0 Å². The van der Waals surface area contributed by atoms with Gasteiger partial charge >= 0.3 is 5.97 Å². The van der Waals surface area contributed by atoms with E-state index in [1.165, 1.54) is 0 Å². The van der Waals surface area contributed by atoms with E-state index in [0.717, 1.165) is 11.3 Å². The van der Waals surface area contributed by atoms with Gasteiger partial charge in [0.1, 0.15) is 11.9 Å². The molecule has 1 aliphatic rings. The third-order valence-corrected chi connectivity index (χ3v) is 3.84. The molecule has 2 atom stereocenters. The van der Waals surface area contributed by atoms with E-state index in [0.29, 0.717) is 6.61 Å². The quantitative estimate of drug-likeness (QED) is 0.821. The molecule has 0 bridgehead atoms.